The van der Waals surface area contributed by atoms with Gasteiger partial charge in [-0.3, -0.25) is 4.68 Å². The molecule has 0 spiro atoms. The van der Waals surface area contributed by atoms with Crippen molar-refractivity contribution in [2.75, 3.05) is 5.73 Å². The molecule has 0 radical (unpaired) electrons. The standard InChI is InChI=1S/C11H11N7/c1-17-6-8(5-15-17)10-9(12)7-18(16-10)11-13-3-2-4-14-11/h2-7H,12H2,1H3. The molecule has 7 nitrogen and oxygen atoms in total. The van der Waals surface area contributed by atoms with E-state index in [2.05, 4.69) is 20.2 Å². The Bertz CT molecular complexity index is 668. The third-order valence-corrected chi connectivity index (χ3v) is 2.48. The van der Waals surface area contributed by atoms with E-state index >= 15 is 0 Å². The molecule has 0 aromatic carbocycles. The number of nitrogens with two attached hydrogens (primary N) is 1. The van der Waals surface area contributed by atoms with Crippen molar-refractivity contribution < 1.29 is 0 Å². The summed E-state index contributed by atoms with van der Waals surface area (Å²) < 4.78 is 3.25. The first kappa shape index (κ1) is 10.5. The molecule has 3 aromatic rings. The van der Waals surface area contributed by atoms with Crippen molar-refractivity contribution in [3.05, 3.63) is 37.1 Å². The molecule has 0 fully saturated rings. The van der Waals surface area contributed by atoms with E-state index in [4.69, 9.17) is 5.73 Å². The zero-order chi connectivity index (χ0) is 12.5. The van der Waals surface area contributed by atoms with Gasteiger partial charge < -0.3 is 5.73 Å². The average Bonchev–Trinajstić information content (AvgIpc) is 2.97. The van der Waals surface area contributed by atoms with Crippen LogP contribution < -0.4 is 5.73 Å². The van der Waals surface area contributed by atoms with Gasteiger partial charge in [-0.05, 0) is 6.07 Å². The van der Waals surface area contributed by atoms with Gasteiger partial charge in [0.15, 0.2) is 0 Å². The maximum atomic E-state index is 5.94. The first-order valence-electron chi connectivity index (χ1n) is 5.35. The van der Waals surface area contributed by atoms with Gasteiger partial charge in [0.2, 0.25) is 0 Å². The third kappa shape index (κ3) is 1.71. The van der Waals surface area contributed by atoms with E-state index in [0.29, 0.717) is 17.3 Å². The molecule has 3 aromatic heterocycles. The van der Waals surface area contributed by atoms with Crippen LogP contribution in [0.2, 0.25) is 0 Å². The summed E-state index contributed by atoms with van der Waals surface area (Å²) in [6, 6.07) is 1.75. The van der Waals surface area contributed by atoms with Gasteiger partial charge in [-0.2, -0.15) is 10.2 Å². The molecule has 90 valence electrons. The highest BCUT2D eigenvalue weighted by Crippen LogP contribution is 2.23. The van der Waals surface area contributed by atoms with Gasteiger partial charge in [0.25, 0.3) is 5.95 Å². The normalized spacial score (nSPS) is 10.7. The number of nitrogen functional groups attached to an aromatic ring is 1. The fourth-order valence-electron chi connectivity index (χ4n) is 1.67. The Kier molecular flexibility index (Phi) is 2.30. The van der Waals surface area contributed by atoms with Crippen molar-refractivity contribution in [2.45, 2.75) is 0 Å². The molecule has 3 rings (SSSR count). The van der Waals surface area contributed by atoms with E-state index in [1.54, 1.807) is 40.2 Å². The summed E-state index contributed by atoms with van der Waals surface area (Å²) in [4.78, 5) is 8.23. The van der Waals surface area contributed by atoms with E-state index < -0.39 is 0 Å². The van der Waals surface area contributed by atoms with Crippen LogP contribution in [0.1, 0.15) is 0 Å². The van der Waals surface area contributed by atoms with Crippen LogP contribution >= 0.6 is 0 Å². The van der Waals surface area contributed by atoms with E-state index in [1.807, 2.05) is 13.2 Å². The van der Waals surface area contributed by atoms with Gasteiger partial charge in [0.1, 0.15) is 5.69 Å². The number of anilines is 1. The van der Waals surface area contributed by atoms with E-state index in [1.165, 1.54) is 0 Å². The average molecular weight is 241 g/mol. The fourth-order valence-corrected chi connectivity index (χ4v) is 1.67. The summed E-state index contributed by atoms with van der Waals surface area (Å²) in [5.74, 6) is 0.486. The lowest BCUT2D eigenvalue weighted by molar-refractivity contribution is 0.767. The minimum Gasteiger partial charge on any atom is -0.396 e. The quantitative estimate of drug-likeness (QED) is 0.711. The number of aryl methyl sites for hydroxylation is 1. The fraction of sp³-hybridized carbons (Fsp3) is 0.0909. The second kappa shape index (κ2) is 3.95. The van der Waals surface area contributed by atoms with E-state index in [-0.39, 0.29) is 0 Å². The summed E-state index contributed by atoms with van der Waals surface area (Å²) in [6.07, 6.45) is 8.58. The molecule has 2 N–H and O–H groups in total. The van der Waals surface area contributed by atoms with Crippen LogP contribution in [-0.4, -0.2) is 29.5 Å². The molecule has 3 heterocycles. The summed E-state index contributed by atoms with van der Waals surface area (Å²) in [5, 5.41) is 8.47. The minimum atomic E-state index is 0.486. The summed E-state index contributed by atoms with van der Waals surface area (Å²) in [7, 11) is 1.84. The highest BCUT2D eigenvalue weighted by molar-refractivity contribution is 5.71. The molecule has 0 atom stereocenters. The lowest BCUT2D eigenvalue weighted by Gasteiger charge is -1.96. The largest absolute Gasteiger partial charge is 0.396 e. The maximum absolute atomic E-state index is 5.94. The second-order valence-electron chi connectivity index (χ2n) is 3.83. The number of nitrogens with zero attached hydrogens (tertiary/aromatic N) is 6. The Balaban J connectivity index is 2.06. The van der Waals surface area contributed by atoms with Gasteiger partial charge in [0.05, 0.1) is 18.1 Å². The van der Waals surface area contributed by atoms with E-state index in [0.717, 1.165) is 5.56 Å². The minimum absolute atomic E-state index is 0.486. The van der Waals surface area contributed by atoms with Crippen LogP contribution in [0.5, 0.6) is 0 Å². The van der Waals surface area contributed by atoms with Crippen molar-refractivity contribution in [2.24, 2.45) is 7.05 Å². The molecule has 7 heteroatoms. The van der Waals surface area contributed by atoms with Gasteiger partial charge in [-0.25, -0.2) is 14.6 Å². The maximum Gasteiger partial charge on any atom is 0.250 e. The Labute approximate surface area is 103 Å². The van der Waals surface area contributed by atoms with Gasteiger partial charge >= 0.3 is 0 Å². The Morgan fingerprint density at radius 1 is 1.17 bits per heavy atom. The van der Waals surface area contributed by atoms with Crippen LogP contribution in [0.3, 0.4) is 0 Å². The number of aromatic nitrogens is 6. The molecule has 18 heavy (non-hydrogen) atoms. The Hall–Kier alpha value is -2.70. The van der Waals surface area contributed by atoms with Crippen molar-refractivity contribution in [1.29, 1.82) is 0 Å². The Morgan fingerprint density at radius 2 is 1.94 bits per heavy atom. The van der Waals surface area contributed by atoms with Crippen molar-refractivity contribution in [1.82, 2.24) is 29.5 Å². The molecule has 0 aliphatic heterocycles. The summed E-state index contributed by atoms with van der Waals surface area (Å²) >= 11 is 0. The monoisotopic (exact) mass is 241 g/mol. The molecule has 0 saturated carbocycles. The summed E-state index contributed by atoms with van der Waals surface area (Å²) in [6.45, 7) is 0. The SMILES string of the molecule is Cn1cc(-c2nn(-c3ncccn3)cc2N)cn1. The Morgan fingerprint density at radius 3 is 2.61 bits per heavy atom. The molecular formula is C11H11N7. The first-order valence-corrected chi connectivity index (χ1v) is 5.35. The molecule has 0 aliphatic rings. The number of hydrogen-bond acceptors (Lipinski definition) is 5. The van der Waals surface area contributed by atoms with Crippen LogP contribution in [-0.2, 0) is 7.05 Å². The van der Waals surface area contributed by atoms with Gasteiger partial charge in [-0.15, -0.1) is 0 Å². The second-order valence-corrected chi connectivity index (χ2v) is 3.83. The smallest absolute Gasteiger partial charge is 0.250 e. The molecule has 0 aliphatic carbocycles. The van der Waals surface area contributed by atoms with Gasteiger partial charge in [0, 0.05) is 31.2 Å². The lowest BCUT2D eigenvalue weighted by atomic mass is 10.2. The highest BCUT2D eigenvalue weighted by Gasteiger charge is 2.12. The third-order valence-electron chi connectivity index (χ3n) is 2.48. The van der Waals surface area contributed by atoms with Gasteiger partial charge in [-0.1, -0.05) is 0 Å². The topological polar surface area (TPSA) is 87.4 Å². The zero-order valence-electron chi connectivity index (χ0n) is 9.72. The van der Waals surface area contributed by atoms with Crippen LogP contribution in [0.4, 0.5) is 5.69 Å². The molecule has 0 saturated heterocycles. The summed E-state index contributed by atoms with van der Waals surface area (Å²) in [5.41, 5.74) is 8.05. The molecule has 0 unspecified atom stereocenters. The highest BCUT2D eigenvalue weighted by atomic mass is 15.3. The molecule has 0 bridgehead atoms. The number of rotatable bonds is 2. The predicted molar refractivity (Wildman–Crippen MR) is 65.8 cm³/mol. The first-order chi connectivity index (χ1) is 8.74. The predicted octanol–water partition coefficient (Wildman–Crippen LogP) is 0.645. The van der Waals surface area contributed by atoms with Crippen LogP contribution in [0.15, 0.2) is 37.1 Å². The van der Waals surface area contributed by atoms with Crippen molar-refractivity contribution >= 4 is 5.69 Å². The molecular weight excluding hydrogens is 230 g/mol. The van der Waals surface area contributed by atoms with Crippen LogP contribution in [0, 0.1) is 0 Å². The van der Waals surface area contributed by atoms with Crippen molar-refractivity contribution in [3.8, 4) is 17.2 Å². The van der Waals surface area contributed by atoms with E-state index in [9.17, 15) is 0 Å². The van der Waals surface area contributed by atoms with Crippen molar-refractivity contribution in [3.63, 3.8) is 0 Å². The number of hydrogen-bond donors (Lipinski definition) is 1. The molecule has 0 amide bonds. The van der Waals surface area contributed by atoms with Crippen LogP contribution in [0.25, 0.3) is 17.2 Å². The lowest BCUT2D eigenvalue weighted by Crippen LogP contribution is -2.00. The zero-order valence-corrected chi connectivity index (χ0v) is 9.72.